The van der Waals surface area contributed by atoms with E-state index in [9.17, 15) is 0 Å². The normalized spacial score (nSPS) is 26.2. The van der Waals surface area contributed by atoms with E-state index in [4.69, 9.17) is 0 Å². The summed E-state index contributed by atoms with van der Waals surface area (Å²) in [5.41, 5.74) is 0.697. The minimum absolute atomic E-state index is 0.230. The van der Waals surface area contributed by atoms with Crippen LogP contribution in [0.5, 0.6) is 0 Å². The lowest BCUT2D eigenvalue weighted by atomic mass is 9.77. The van der Waals surface area contributed by atoms with Crippen LogP contribution in [0.2, 0.25) is 0 Å². The standard InChI is InChI=1S/C15H30N2/c1-6-11-17(14(3,4)5)13-15(7-2)9-8-10-16-12-15/h6,16H,1,7-13H2,2-5H3. The maximum atomic E-state index is 3.90. The molecular weight excluding hydrogens is 208 g/mol. The molecule has 1 N–H and O–H groups in total. The van der Waals surface area contributed by atoms with Crippen LogP contribution in [-0.4, -0.2) is 36.6 Å². The van der Waals surface area contributed by atoms with Crippen LogP contribution in [0.15, 0.2) is 12.7 Å². The average molecular weight is 238 g/mol. The van der Waals surface area contributed by atoms with Gasteiger partial charge in [0.25, 0.3) is 0 Å². The van der Waals surface area contributed by atoms with Gasteiger partial charge < -0.3 is 5.32 Å². The average Bonchev–Trinajstić information content (AvgIpc) is 2.28. The van der Waals surface area contributed by atoms with Crippen molar-refractivity contribution in [1.82, 2.24) is 10.2 Å². The van der Waals surface area contributed by atoms with E-state index >= 15 is 0 Å². The summed E-state index contributed by atoms with van der Waals surface area (Å²) >= 11 is 0. The second-order valence-electron chi connectivity index (χ2n) is 6.47. The summed E-state index contributed by atoms with van der Waals surface area (Å²) in [7, 11) is 0. The third-order valence-electron chi connectivity index (χ3n) is 4.14. The molecule has 1 unspecified atom stereocenters. The van der Waals surface area contributed by atoms with Gasteiger partial charge >= 0.3 is 0 Å². The van der Waals surface area contributed by atoms with Crippen molar-refractivity contribution in [2.75, 3.05) is 26.2 Å². The molecule has 0 radical (unpaired) electrons. The van der Waals surface area contributed by atoms with Crippen LogP contribution >= 0.6 is 0 Å². The molecule has 17 heavy (non-hydrogen) atoms. The Bertz CT molecular complexity index is 234. The summed E-state index contributed by atoms with van der Waals surface area (Å²) in [5.74, 6) is 0. The highest BCUT2D eigenvalue weighted by molar-refractivity contribution is 4.92. The molecule has 0 aliphatic carbocycles. The SMILES string of the molecule is C=CCN(CC1(CC)CCCNC1)C(C)(C)C. The lowest BCUT2D eigenvalue weighted by Crippen LogP contribution is -2.52. The Morgan fingerprint density at radius 1 is 1.41 bits per heavy atom. The zero-order valence-corrected chi connectivity index (χ0v) is 12.2. The van der Waals surface area contributed by atoms with Crippen molar-refractivity contribution in [3.63, 3.8) is 0 Å². The van der Waals surface area contributed by atoms with Gasteiger partial charge in [-0.1, -0.05) is 13.0 Å². The lowest BCUT2D eigenvalue weighted by molar-refractivity contribution is 0.0608. The predicted molar refractivity (Wildman–Crippen MR) is 76.4 cm³/mol. The van der Waals surface area contributed by atoms with Gasteiger partial charge in [-0.3, -0.25) is 4.90 Å². The predicted octanol–water partition coefficient (Wildman–Crippen LogP) is 3.05. The first kappa shape index (κ1) is 14.7. The van der Waals surface area contributed by atoms with Gasteiger partial charge in [-0.25, -0.2) is 0 Å². The third kappa shape index (κ3) is 4.11. The molecule has 0 aromatic heterocycles. The molecule has 1 heterocycles. The molecule has 1 rings (SSSR count). The molecule has 0 saturated carbocycles. The maximum absolute atomic E-state index is 3.90. The summed E-state index contributed by atoms with van der Waals surface area (Å²) in [4.78, 5) is 2.57. The largest absolute Gasteiger partial charge is 0.316 e. The number of piperidine rings is 1. The van der Waals surface area contributed by atoms with Gasteiger partial charge in [-0.15, -0.1) is 6.58 Å². The Morgan fingerprint density at radius 2 is 2.12 bits per heavy atom. The maximum Gasteiger partial charge on any atom is 0.0166 e. The summed E-state index contributed by atoms with van der Waals surface area (Å²) in [6.07, 6.45) is 5.98. The Morgan fingerprint density at radius 3 is 2.53 bits per heavy atom. The summed E-state index contributed by atoms with van der Waals surface area (Å²) in [6, 6.07) is 0. The van der Waals surface area contributed by atoms with Gasteiger partial charge in [-0.05, 0) is 52.0 Å². The molecule has 1 aliphatic rings. The summed E-state index contributed by atoms with van der Waals surface area (Å²) in [5, 5.41) is 3.57. The molecule has 2 heteroatoms. The number of hydrogen-bond acceptors (Lipinski definition) is 2. The minimum atomic E-state index is 0.230. The first-order valence-electron chi connectivity index (χ1n) is 7.00. The van der Waals surface area contributed by atoms with E-state index < -0.39 is 0 Å². The lowest BCUT2D eigenvalue weighted by Gasteiger charge is -2.45. The fraction of sp³-hybridized carbons (Fsp3) is 0.867. The van der Waals surface area contributed by atoms with Gasteiger partial charge in [0.05, 0.1) is 0 Å². The van der Waals surface area contributed by atoms with Gasteiger partial charge in [0.2, 0.25) is 0 Å². The number of nitrogens with one attached hydrogen (secondary N) is 1. The number of hydrogen-bond donors (Lipinski definition) is 1. The number of nitrogens with zero attached hydrogens (tertiary/aromatic N) is 1. The Hall–Kier alpha value is -0.340. The van der Waals surface area contributed by atoms with Crippen LogP contribution in [0.4, 0.5) is 0 Å². The Balaban J connectivity index is 2.72. The zero-order valence-electron chi connectivity index (χ0n) is 12.2. The van der Waals surface area contributed by atoms with Crippen LogP contribution in [0.1, 0.15) is 47.0 Å². The van der Waals surface area contributed by atoms with Crippen LogP contribution in [0.3, 0.4) is 0 Å². The van der Waals surface area contributed by atoms with Gasteiger partial charge in [0, 0.05) is 25.2 Å². The highest BCUT2D eigenvalue weighted by atomic mass is 15.2. The fourth-order valence-electron chi connectivity index (χ4n) is 2.72. The first-order chi connectivity index (χ1) is 7.93. The molecule has 0 aromatic carbocycles. The second-order valence-corrected chi connectivity index (χ2v) is 6.47. The molecule has 0 amide bonds. The van der Waals surface area contributed by atoms with Crippen molar-refractivity contribution < 1.29 is 0 Å². The molecular formula is C15H30N2. The van der Waals surface area contributed by atoms with Gasteiger partial charge in [0.1, 0.15) is 0 Å². The monoisotopic (exact) mass is 238 g/mol. The van der Waals surface area contributed by atoms with Crippen LogP contribution in [0, 0.1) is 5.41 Å². The van der Waals surface area contributed by atoms with Crippen molar-refractivity contribution >= 4 is 0 Å². The third-order valence-corrected chi connectivity index (χ3v) is 4.14. The summed E-state index contributed by atoms with van der Waals surface area (Å²) < 4.78 is 0. The van der Waals surface area contributed by atoms with Crippen LogP contribution in [-0.2, 0) is 0 Å². The highest BCUT2D eigenvalue weighted by Gasteiger charge is 2.34. The number of rotatable bonds is 5. The van der Waals surface area contributed by atoms with E-state index in [1.165, 1.54) is 38.9 Å². The molecule has 1 aliphatic heterocycles. The van der Waals surface area contributed by atoms with E-state index in [0.717, 1.165) is 6.54 Å². The van der Waals surface area contributed by atoms with Gasteiger partial charge in [-0.2, -0.15) is 0 Å². The molecule has 0 bridgehead atoms. The fourth-order valence-corrected chi connectivity index (χ4v) is 2.72. The zero-order chi connectivity index (χ0) is 12.9. The molecule has 1 fully saturated rings. The Labute approximate surface area is 107 Å². The van der Waals surface area contributed by atoms with Crippen molar-refractivity contribution in [3.8, 4) is 0 Å². The van der Waals surface area contributed by atoms with Crippen molar-refractivity contribution in [2.24, 2.45) is 5.41 Å². The quantitative estimate of drug-likeness (QED) is 0.741. The van der Waals surface area contributed by atoms with E-state index in [1.54, 1.807) is 0 Å². The minimum Gasteiger partial charge on any atom is -0.316 e. The highest BCUT2D eigenvalue weighted by Crippen LogP contribution is 2.33. The molecule has 0 spiro atoms. The molecule has 1 saturated heterocycles. The van der Waals surface area contributed by atoms with E-state index in [1.807, 2.05) is 6.08 Å². The summed E-state index contributed by atoms with van der Waals surface area (Å²) in [6.45, 7) is 17.7. The van der Waals surface area contributed by atoms with Gasteiger partial charge in [0.15, 0.2) is 0 Å². The molecule has 0 aromatic rings. The molecule has 1 atom stereocenters. The smallest absolute Gasteiger partial charge is 0.0166 e. The van der Waals surface area contributed by atoms with E-state index in [-0.39, 0.29) is 5.54 Å². The van der Waals surface area contributed by atoms with E-state index in [0.29, 0.717) is 5.41 Å². The van der Waals surface area contributed by atoms with Crippen molar-refractivity contribution in [1.29, 1.82) is 0 Å². The topological polar surface area (TPSA) is 15.3 Å². The van der Waals surface area contributed by atoms with Crippen molar-refractivity contribution in [3.05, 3.63) is 12.7 Å². The molecule has 100 valence electrons. The van der Waals surface area contributed by atoms with Crippen LogP contribution in [0.25, 0.3) is 0 Å². The first-order valence-corrected chi connectivity index (χ1v) is 7.00. The van der Waals surface area contributed by atoms with Crippen LogP contribution < -0.4 is 5.32 Å². The van der Waals surface area contributed by atoms with E-state index in [2.05, 4.69) is 44.5 Å². The second kappa shape index (κ2) is 6.01. The Kier molecular flexibility index (Phi) is 5.21. The molecule has 2 nitrogen and oxygen atoms in total. The van der Waals surface area contributed by atoms with Crippen molar-refractivity contribution in [2.45, 2.75) is 52.5 Å².